The van der Waals surface area contributed by atoms with Crippen LogP contribution < -0.4 is 9.47 Å². The molecule has 0 fully saturated rings. The van der Waals surface area contributed by atoms with Gasteiger partial charge in [-0.25, -0.2) is 8.78 Å². The third kappa shape index (κ3) is 3.68. The Balaban J connectivity index is 2.06. The summed E-state index contributed by atoms with van der Waals surface area (Å²) in [5, 5.41) is 0. The zero-order chi connectivity index (χ0) is 14.4. The Bertz CT molecular complexity index is 535. The van der Waals surface area contributed by atoms with Gasteiger partial charge in [0.15, 0.2) is 24.2 Å². The molecule has 106 valence electrons. The maximum atomic E-state index is 13.7. The predicted octanol–water partition coefficient (Wildman–Crippen LogP) is 3.53. The lowest BCUT2D eigenvalue weighted by Gasteiger charge is -2.10. The molecule has 0 aromatic heterocycles. The van der Waals surface area contributed by atoms with E-state index in [0.717, 1.165) is 17.7 Å². The summed E-state index contributed by atoms with van der Waals surface area (Å²) in [7, 11) is 1.37. The van der Waals surface area contributed by atoms with Crippen molar-refractivity contribution in [2.45, 2.75) is 6.61 Å². The zero-order valence-electron chi connectivity index (χ0n) is 10.9. The van der Waals surface area contributed by atoms with Crippen molar-refractivity contribution in [2.24, 2.45) is 0 Å². The van der Waals surface area contributed by atoms with Crippen molar-refractivity contribution in [3.8, 4) is 11.5 Å². The molecule has 0 N–H and O–H groups in total. The Morgan fingerprint density at radius 1 is 0.950 bits per heavy atom. The molecule has 0 saturated heterocycles. The first-order valence-corrected chi connectivity index (χ1v) is 5.98. The zero-order valence-corrected chi connectivity index (χ0v) is 10.9. The monoisotopic (exact) mass is 280 g/mol. The molecule has 0 bridgehead atoms. The topological polar surface area (TPSA) is 27.7 Å². The van der Waals surface area contributed by atoms with Gasteiger partial charge < -0.3 is 14.2 Å². The van der Waals surface area contributed by atoms with Crippen molar-refractivity contribution in [3.63, 3.8) is 0 Å². The van der Waals surface area contributed by atoms with E-state index < -0.39 is 17.4 Å². The van der Waals surface area contributed by atoms with Crippen LogP contribution in [0.25, 0.3) is 0 Å². The minimum Gasteiger partial charge on any atom is -0.489 e. The summed E-state index contributed by atoms with van der Waals surface area (Å²) in [5.74, 6) is -2.03. The molecule has 20 heavy (non-hydrogen) atoms. The van der Waals surface area contributed by atoms with Gasteiger partial charge in [0.25, 0.3) is 0 Å². The fourth-order valence-electron chi connectivity index (χ4n) is 1.62. The summed E-state index contributed by atoms with van der Waals surface area (Å²) in [5.41, 5.74) is 0.910. The lowest BCUT2D eigenvalue weighted by Crippen LogP contribution is -2.04. The first-order valence-electron chi connectivity index (χ1n) is 5.98. The molecule has 0 radical (unpaired) electrons. The molecule has 0 spiro atoms. The summed E-state index contributed by atoms with van der Waals surface area (Å²) in [4.78, 5) is 0. The third-order valence-corrected chi connectivity index (χ3v) is 2.54. The van der Waals surface area contributed by atoms with E-state index in [1.54, 1.807) is 0 Å². The van der Waals surface area contributed by atoms with Gasteiger partial charge in [0.2, 0.25) is 0 Å². The molecule has 0 saturated carbocycles. The molecule has 0 aliphatic carbocycles. The summed E-state index contributed by atoms with van der Waals surface area (Å²) >= 11 is 0. The van der Waals surface area contributed by atoms with Crippen LogP contribution in [0, 0.1) is 11.6 Å². The van der Waals surface area contributed by atoms with E-state index in [4.69, 9.17) is 9.47 Å². The Labute approximate surface area is 115 Å². The molecule has 0 aliphatic heterocycles. The van der Waals surface area contributed by atoms with E-state index in [0.29, 0.717) is 0 Å². The van der Waals surface area contributed by atoms with Gasteiger partial charge in [0.1, 0.15) is 12.4 Å². The molecule has 5 heteroatoms. The first-order chi connectivity index (χ1) is 9.70. The normalized spacial score (nSPS) is 10.3. The molecule has 0 atom stereocenters. The molecular formula is C15H14F2O3. The molecular weight excluding hydrogens is 266 g/mol. The van der Waals surface area contributed by atoms with Gasteiger partial charge in [0, 0.05) is 19.2 Å². The number of rotatable bonds is 6. The van der Waals surface area contributed by atoms with Gasteiger partial charge in [-0.15, -0.1) is 0 Å². The first kappa shape index (κ1) is 14.3. The highest BCUT2D eigenvalue weighted by atomic mass is 19.1. The van der Waals surface area contributed by atoms with Crippen LogP contribution in [0.4, 0.5) is 8.78 Å². The largest absolute Gasteiger partial charge is 0.489 e. The van der Waals surface area contributed by atoms with Gasteiger partial charge >= 0.3 is 0 Å². The van der Waals surface area contributed by atoms with Crippen LogP contribution in [0.2, 0.25) is 0 Å². The molecule has 0 amide bonds. The summed E-state index contributed by atoms with van der Waals surface area (Å²) in [6.07, 6.45) is 0. The highest BCUT2D eigenvalue weighted by Crippen LogP contribution is 2.27. The second-order valence-corrected chi connectivity index (χ2v) is 4.04. The molecule has 0 aliphatic rings. The maximum Gasteiger partial charge on any atom is 0.194 e. The average Bonchev–Trinajstić information content (AvgIpc) is 2.45. The maximum absolute atomic E-state index is 13.7. The van der Waals surface area contributed by atoms with Crippen LogP contribution in [-0.2, 0) is 11.3 Å². The van der Waals surface area contributed by atoms with E-state index in [9.17, 15) is 8.78 Å². The second kappa shape index (κ2) is 6.86. The Kier molecular flexibility index (Phi) is 4.90. The molecule has 2 aromatic carbocycles. The van der Waals surface area contributed by atoms with Crippen molar-refractivity contribution in [2.75, 3.05) is 13.9 Å². The number of hydrogen-bond donors (Lipinski definition) is 0. The van der Waals surface area contributed by atoms with Crippen LogP contribution in [-0.4, -0.2) is 13.9 Å². The number of methoxy groups -OCH3 is 1. The molecule has 2 rings (SSSR count). The van der Waals surface area contributed by atoms with E-state index in [1.165, 1.54) is 7.11 Å². The van der Waals surface area contributed by atoms with Gasteiger partial charge in [0.05, 0.1) is 0 Å². The summed E-state index contributed by atoms with van der Waals surface area (Å²) in [6.45, 7) is 0.00997. The molecule has 0 unspecified atom stereocenters. The quantitative estimate of drug-likeness (QED) is 0.758. The van der Waals surface area contributed by atoms with Crippen molar-refractivity contribution < 1.29 is 23.0 Å². The lowest BCUT2D eigenvalue weighted by molar-refractivity contribution is 0.0451. The van der Waals surface area contributed by atoms with Crippen molar-refractivity contribution in [1.29, 1.82) is 0 Å². The third-order valence-electron chi connectivity index (χ3n) is 2.54. The van der Waals surface area contributed by atoms with E-state index in [-0.39, 0.29) is 19.1 Å². The minimum atomic E-state index is -0.829. The van der Waals surface area contributed by atoms with Gasteiger partial charge in [-0.3, -0.25) is 0 Å². The number of ether oxygens (including phenoxy) is 3. The Morgan fingerprint density at radius 2 is 1.60 bits per heavy atom. The van der Waals surface area contributed by atoms with Crippen LogP contribution in [0.3, 0.4) is 0 Å². The highest BCUT2D eigenvalue weighted by molar-refractivity contribution is 5.35. The van der Waals surface area contributed by atoms with Gasteiger partial charge in [-0.2, -0.15) is 0 Å². The molecule has 0 heterocycles. The number of hydrogen-bond acceptors (Lipinski definition) is 3. The van der Waals surface area contributed by atoms with Crippen molar-refractivity contribution >= 4 is 0 Å². The van der Waals surface area contributed by atoms with Crippen LogP contribution in [0.5, 0.6) is 11.5 Å². The lowest BCUT2D eigenvalue weighted by atomic mass is 10.2. The average molecular weight is 280 g/mol. The molecule has 3 nitrogen and oxygen atoms in total. The van der Waals surface area contributed by atoms with E-state index in [2.05, 4.69) is 4.74 Å². The van der Waals surface area contributed by atoms with Crippen molar-refractivity contribution in [3.05, 3.63) is 59.7 Å². The number of benzene rings is 2. The smallest absolute Gasteiger partial charge is 0.194 e. The van der Waals surface area contributed by atoms with Gasteiger partial charge in [-0.1, -0.05) is 30.3 Å². The minimum absolute atomic E-state index is 0.105. The Morgan fingerprint density at radius 3 is 2.20 bits per heavy atom. The molecule has 2 aromatic rings. The van der Waals surface area contributed by atoms with Crippen LogP contribution in [0.15, 0.2) is 42.5 Å². The SMILES string of the molecule is COCOc1c(F)cc(OCc2ccccc2)cc1F. The van der Waals surface area contributed by atoms with Crippen LogP contribution >= 0.6 is 0 Å². The summed E-state index contributed by atoms with van der Waals surface area (Å²) < 4.78 is 42.1. The highest BCUT2D eigenvalue weighted by Gasteiger charge is 2.13. The van der Waals surface area contributed by atoms with Crippen molar-refractivity contribution in [1.82, 2.24) is 0 Å². The predicted molar refractivity (Wildman–Crippen MR) is 69.6 cm³/mol. The van der Waals surface area contributed by atoms with E-state index >= 15 is 0 Å². The Hall–Kier alpha value is -2.14. The second-order valence-electron chi connectivity index (χ2n) is 4.04. The fourth-order valence-corrected chi connectivity index (χ4v) is 1.62. The van der Waals surface area contributed by atoms with Gasteiger partial charge in [-0.05, 0) is 5.56 Å². The van der Waals surface area contributed by atoms with Crippen LogP contribution in [0.1, 0.15) is 5.56 Å². The fraction of sp³-hybridized carbons (Fsp3) is 0.200. The van der Waals surface area contributed by atoms with E-state index in [1.807, 2.05) is 30.3 Å². The standard InChI is InChI=1S/C15H14F2O3/c1-18-10-20-15-13(16)7-12(8-14(15)17)19-9-11-5-3-2-4-6-11/h2-8H,9-10H2,1H3. The number of halogens is 2. The summed E-state index contributed by atoms with van der Waals surface area (Å²) in [6, 6.07) is 11.5.